The summed E-state index contributed by atoms with van der Waals surface area (Å²) < 4.78 is 0. The van der Waals surface area contributed by atoms with Crippen LogP contribution in [0.1, 0.15) is 166 Å². The van der Waals surface area contributed by atoms with Gasteiger partial charge in [0.2, 0.25) is 106 Å². The molecule has 0 saturated heterocycles. The van der Waals surface area contributed by atoms with E-state index in [4.69, 9.17) is 78.3 Å². The third kappa shape index (κ3) is 52.6. The molecule has 17 atom stereocenters. The predicted molar refractivity (Wildman–Crippen MR) is 495 cm³/mol. The van der Waals surface area contributed by atoms with Gasteiger partial charge in [0.25, 0.3) is 0 Å². The third-order valence-corrected chi connectivity index (χ3v) is 19.9. The van der Waals surface area contributed by atoms with Gasteiger partial charge in [0.15, 0.2) is 35.8 Å². The maximum absolute atomic E-state index is 14.3. The summed E-state index contributed by atoms with van der Waals surface area (Å²) in [6.07, 6.45) is -1.03. The first kappa shape index (κ1) is 122. The molecule has 0 fully saturated rings. The molecule has 59 nitrogen and oxygen atoms in total. The molecule has 48 N–H and O–H groups in total. The fraction of sp³-hybridized carbons (Fsp3) is 0.679. The lowest BCUT2D eigenvalue weighted by Gasteiger charge is -2.28. The normalized spacial score (nSPS) is 14.6. The summed E-state index contributed by atoms with van der Waals surface area (Å²) in [7, 11) is 0. The van der Waals surface area contributed by atoms with Crippen LogP contribution in [-0.2, 0) is 91.1 Å². The summed E-state index contributed by atoms with van der Waals surface area (Å²) in [5.41, 5.74) is 43.7. The standard InChI is InChI=1S/C78H145N37O22/c1-35(2)31-50(72(136)137)112-67(131)46(20-14-28-96-76(87)88)107-61(125)42(10)105-65(129)49(23-24-53(80)118)111-66(130)47(21-15-29-97-77(89)90)110-69(133)51(33-116)113-70(134)52(34-117)114-71(135)55(36(3)4)115-68(132)48(22-16-30-98-78(91)92)108-60(124)41(9)102-58(122)39(7)100-57(121)38(6)101-59(123)40(8)104-63(127)44(18-12-26-94-74(83)84)106-54(119)32-99-56(120)37(5)103-64(128)45(19-13-27-95-75(85)86)109-62(126)43(79)17-11-25-93-73(81)82/h35-52,55,116-117H,11-34,79H2,1-10H3,(H2,80,118)(H,99,120)(H,100,121)(H,101,123)(H,102,122)(H,103,128)(H,104,127)(H,105,129)(H,106,119)(H,107,125)(H,108,124)(H,109,126)(H,110,133)(H,111,130)(H,112,131)(H,113,134)(H,114,135)(H,115,132)(H,136,137)(H4,81,82,93)(H4,83,84,94)(H4,85,86,95)(H4,87,88,96)(H4,89,90,97)(H4,91,92,98)/t37-,38-,39-,40-,41-,42-,43-,44-,45-,46-,47-,48-,49-,50-,51-,52-,55-/m0/s1. The van der Waals surface area contributed by atoms with Crippen LogP contribution >= 0.6 is 0 Å². The van der Waals surface area contributed by atoms with E-state index >= 15 is 0 Å². The zero-order valence-corrected chi connectivity index (χ0v) is 78.7. The van der Waals surface area contributed by atoms with Gasteiger partial charge >= 0.3 is 5.97 Å². The number of hydrogen-bond donors (Lipinski definition) is 40. The SMILES string of the molecule is CC(C)C[C@H](NC(=O)[C@H](CCCNC(=N)N)NC(=O)[C@H](C)NC(=O)[C@H](CCC(N)=O)NC(=O)[C@H](CCCNC(=N)N)NC(=O)[C@H](CO)NC(=O)[C@H](CO)NC(=O)[C@@H](NC(=O)[C@H](CCCNC(=N)N)NC(=O)[C@H](C)NC(=O)[C@H](C)NC(=O)[C@H](C)NC(=O)[C@H](C)NC(=O)[C@H](CCCNC(=N)N)NC(=O)CNC(=O)[C@H](C)NC(=O)[C@H](CCCNC(=N)N)NC(=O)[C@@H](N)CCCNC(=N)N)C(C)C)C(=O)O. The van der Waals surface area contributed by atoms with Gasteiger partial charge in [-0.15, -0.1) is 0 Å². The van der Waals surface area contributed by atoms with E-state index in [1.165, 1.54) is 55.4 Å². The Morgan fingerprint density at radius 2 is 0.496 bits per heavy atom. The second kappa shape index (κ2) is 65.1. The molecule has 0 aliphatic carbocycles. The lowest BCUT2D eigenvalue weighted by molar-refractivity contribution is -0.143. The zero-order chi connectivity index (χ0) is 105. The molecule has 0 aliphatic heterocycles. The number of primary amides is 1. The number of rotatable bonds is 67. The van der Waals surface area contributed by atoms with Crippen molar-refractivity contribution in [2.24, 2.45) is 57.7 Å². The van der Waals surface area contributed by atoms with Crippen LogP contribution in [0, 0.1) is 44.3 Å². The van der Waals surface area contributed by atoms with Crippen molar-refractivity contribution in [1.82, 2.24) is 122 Å². The van der Waals surface area contributed by atoms with Crippen molar-refractivity contribution in [2.45, 2.75) is 268 Å². The van der Waals surface area contributed by atoms with Crippen LogP contribution in [0.4, 0.5) is 0 Å². The topological polar surface area (TPSA) is 1010 Å². The van der Waals surface area contributed by atoms with Crippen molar-refractivity contribution in [3.8, 4) is 0 Å². The van der Waals surface area contributed by atoms with E-state index in [0.29, 0.717) is 6.42 Å². The van der Waals surface area contributed by atoms with Gasteiger partial charge in [-0.05, 0) is 143 Å². The number of nitrogens with two attached hydrogens (primary N) is 8. The van der Waals surface area contributed by atoms with Crippen molar-refractivity contribution < 1.29 is 106 Å². The van der Waals surface area contributed by atoms with E-state index in [1.54, 1.807) is 13.8 Å². The molecule has 0 heterocycles. The number of carbonyl (C=O) groups is 19. The Balaban J connectivity index is 6.47. The molecule has 0 aromatic carbocycles. The van der Waals surface area contributed by atoms with Crippen molar-refractivity contribution in [3.05, 3.63) is 0 Å². The number of aliphatic hydroxyl groups is 2. The Bertz CT molecular complexity index is 4150. The second-order valence-corrected chi connectivity index (χ2v) is 32.8. The Morgan fingerprint density at radius 3 is 0.788 bits per heavy atom. The molecule has 0 bridgehead atoms. The fourth-order valence-corrected chi connectivity index (χ4v) is 12.2. The van der Waals surface area contributed by atoms with Crippen LogP contribution in [0.5, 0.6) is 0 Å². The Labute approximate surface area is 791 Å². The largest absolute Gasteiger partial charge is 0.480 e. The Morgan fingerprint density at radius 1 is 0.263 bits per heavy atom. The summed E-state index contributed by atoms with van der Waals surface area (Å²) in [5.74, 6) is -22.8. The Kier molecular flexibility index (Phi) is 58.2. The maximum Gasteiger partial charge on any atom is 0.326 e. The van der Waals surface area contributed by atoms with Crippen LogP contribution in [0.25, 0.3) is 0 Å². The smallest absolute Gasteiger partial charge is 0.326 e. The van der Waals surface area contributed by atoms with Crippen LogP contribution in [-0.4, -0.2) is 325 Å². The highest BCUT2D eigenvalue weighted by Gasteiger charge is 2.38. The minimum Gasteiger partial charge on any atom is -0.480 e. The lowest BCUT2D eigenvalue weighted by Crippen LogP contribution is -2.62. The first-order valence-corrected chi connectivity index (χ1v) is 44.1. The van der Waals surface area contributed by atoms with Gasteiger partial charge in [-0.3, -0.25) is 119 Å². The van der Waals surface area contributed by atoms with Crippen LogP contribution in [0.15, 0.2) is 0 Å². The molecule has 0 aliphatic rings. The van der Waals surface area contributed by atoms with E-state index in [-0.39, 0.29) is 134 Å². The predicted octanol–water partition coefficient (Wildman–Crippen LogP) is -15.1. The fourth-order valence-electron chi connectivity index (χ4n) is 12.2. The quantitative estimate of drug-likeness (QED) is 0.0153. The summed E-state index contributed by atoms with van der Waals surface area (Å²) in [5, 5.41) is 131. The molecule has 0 saturated carbocycles. The molecule has 0 unspecified atom stereocenters. The number of guanidine groups is 6. The number of nitrogens with one attached hydrogen (secondary N) is 29. The molecule has 0 spiro atoms. The average Bonchev–Trinajstić information content (AvgIpc) is 0.850. The molecule has 0 rings (SSSR count). The van der Waals surface area contributed by atoms with Crippen molar-refractivity contribution in [1.29, 1.82) is 32.5 Å². The zero-order valence-electron chi connectivity index (χ0n) is 78.7. The van der Waals surface area contributed by atoms with E-state index in [0.717, 1.165) is 0 Å². The van der Waals surface area contributed by atoms with Gasteiger partial charge in [0, 0.05) is 45.7 Å². The second-order valence-electron chi connectivity index (χ2n) is 32.8. The molecular formula is C78H145N37O22. The molecule has 18 amide bonds. The molecular weight excluding hydrogens is 1810 g/mol. The first-order valence-electron chi connectivity index (χ1n) is 44.1. The van der Waals surface area contributed by atoms with Gasteiger partial charge in [-0.1, -0.05) is 27.7 Å². The van der Waals surface area contributed by atoms with Gasteiger partial charge < -0.3 is 183 Å². The number of aliphatic carboxylic acids is 1. The number of amides is 18. The summed E-state index contributed by atoms with van der Waals surface area (Å²) >= 11 is 0. The van der Waals surface area contributed by atoms with Gasteiger partial charge in [-0.25, -0.2) is 4.79 Å². The van der Waals surface area contributed by atoms with E-state index in [9.17, 15) is 106 Å². The molecule has 774 valence electrons. The molecule has 0 radical (unpaired) electrons. The van der Waals surface area contributed by atoms with Crippen molar-refractivity contribution in [3.63, 3.8) is 0 Å². The highest BCUT2D eigenvalue weighted by atomic mass is 16.4. The molecule has 59 heteroatoms. The van der Waals surface area contributed by atoms with Crippen molar-refractivity contribution in [2.75, 3.05) is 59.0 Å². The number of hydrogen-bond acceptors (Lipinski definition) is 28. The highest BCUT2D eigenvalue weighted by Crippen LogP contribution is 2.12. The average molecular weight is 1950 g/mol. The van der Waals surface area contributed by atoms with Crippen LogP contribution in [0.2, 0.25) is 0 Å². The third-order valence-electron chi connectivity index (χ3n) is 19.9. The van der Waals surface area contributed by atoms with Gasteiger partial charge in [0.1, 0.15) is 96.7 Å². The molecule has 0 aromatic heterocycles. The Hall–Kier alpha value is -14.6. The monoisotopic (exact) mass is 1950 g/mol. The summed E-state index contributed by atoms with van der Waals surface area (Å²) in [6.45, 7) is 10.9. The van der Waals surface area contributed by atoms with Crippen LogP contribution in [0.3, 0.4) is 0 Å². The number of carbonyl (C=O) groups excluding carboxylic acids is 18. The van der Waals surface area contributed by atoms with Gasteiger partial charge in [-0.2, -0.15) is 0 Å². The van der Waals surface area contributed by atoms with E-state index < -0.39 is 277 Å². The van der Waals surface area contributed by atoms with E-state index in [1.807, 2.05) is 0 Å². The van der Waals surface area contributed by atoms with E-state index in [2.05, 4.69) is 122 Å². The van der Waals surface area contributed by atoms with Gasteiger partial charge in [0.05, 0.1) is 25.8 Å². The van der Waals surface area contributed by atoms with Crippen LogP contribution < -0.4 is 168 Å². The number of carboxylic acid groups (broad SMARTS) is 1. The number of carboxylic acids is 1. The maximum atomic E-state index is 14.3. The van der Waals surface area contributed by atoms with Crippen molar-refractivity contribution >= 4 is 148 Å². The lowest BCUT2D eigenvalue weighted by atomic mass is 10.0. The minimum atomic E-state index is -1.99. The molecule has 0 aromatic rings. The summed E-state index contributed by atoms with van der Waals surface area (Å²) in [4.78, 5) is 257. The summed E-state index contributed by atoms with van der Waals surface area (Å²) in [6, 6.07) is -25.6. The molecule has 137 heavy (non-hydrogen) atoms. The number of aliphatic hydroxyl groups excluding tert-OH is 2. The first-order chi connectivity index (χ1) is 64.0. The highest BCUT2D eigenvalue weighted by molar-refractivity contribution is 6.01. The minimum absolute atomic E-state index is 0.00377.